The van der Waals surface area contributed by atoms with Crippen LogP contribution in [0.2, 0.25) is 0 Å². The van der Waals surface area contributed by atoms with Crippen LogP contribution in [0.15, 0.2) is 36.2 Å². The Kier molecular flexibility index (Phi) is 7.58. The normalized spacial score (nSPS) is 15.0. The van der Waals surface area contributed by atoms with E-state index in [-0.39, 0.29) is 12.4 Å². The molecular formula is C23H23F2N3O3S3. The maximum absolute atomic E-state index is 13.6. The summed E-state index contributed by atoms with van der Waals surface area (Å²) in [7, 11) is 0. The molecule has 180 valence electrons. The smallest absolute Gasteiger partial charge is 0.317 e. The molecule has 1 saturated heterocycles. The highest BCUT2D eigenvalue weighted by Crippen LogP contribution is 2.39. The summed E-state index contributed by atoms with van der Waals surface area (Å²) >= 11 is 8.17. The highest BCUT2D eigenvalue weighted by molar-refractivity contribution is 7.73. The average molecular weight is 524 g/mol. The number of nitrogens with zero attached hydrogens (tertiary/aromatic N) is 3. The van der Waals surface area contributed by atoms with Crippen molar-refractivity contribution in [3.63, 3.8) is 0 Å². The van der Waals surface area contributed by atoms with E-state index in [0.717, 1.165) is 35.7 Å². The molecule has 2 N–H and O–H groups in total. The van der Waals surface area contributed by atoms with Gasteiger partial charge in [0.1, 0.15) is 0 Å². The van der Waals surface area contributed by atoms with Gasteiger partial charge in [0.05, 0.1) is 11.4 Å². The maximum atomic E-state index is 13.6. The molecule has 0 spiro atoms. The van der Waals surface area contributed by atoms with Crippen molar-refractivity contribution in [1.82, 2.24) is 14.4 Å². The second kappa shape index (κ2) is 10.4. The standard InChI is InChI=1S/C23H23F2N3O3S3/c1-14(19-11-16(13-33-19)15-2-3-17(24)18(25)10-15)21-22(31)28(23(32)34-21)9-8-26-4-6-27(7-5-26)12-20(29)30/h2-3,10-11,13,31H,1,4-9,12H2,(H,29,30). The zero-order valence-electron chi connectivity index (χ0n) is 18.2. The Morgan fingerprint density at radius 2 is 1.76 bits per heavy atom. The van der Waals surface area contributed by atoms with Gasteiger partial charge in [-0.2, -0.15) is 0 Å². The van der Waals surface area contributed by atoms with Gasteiger partial charge in [0.2, 0.25) is 5.88 Å². The van der Waals surface area contributed by atoms with Crippen molar-refractivity contribution in [2.24, 2.45) is 0 Å². The van der Waals surface area contributed by atoms with E-state index in [9.17, 15) is 18.7 Å². The third-order valence-corrected chi connectivity index (χ3v) is 8.24. The first-order valence-electron chi connectivity index (χ1n) is 10.6. The summed E-state index contributed by atoms with van der Waals surface area (Å²) in [4.78, 5) is 16.4. The van der Waals surface area contributed by atoms with Crippen molar-refractivity contribution in [1.29, 1.82) is 0 Å². The first-order valence-corrected chi connectivity index (χ1v) is 12.7. The van der Waals surface area contributed by atoms with Gasteiger partial charge in [0.15, 0.2) is 15.6 Å². The number of carboxylic acid groups (broad SMARTS) is 1. The second-order valence-electron chi connectivity index (χ2n) is 7.99. The van der Waals surface area contributed by atoms with Crippen LogP contribution in [0.4, 0.5) is 8.78 Å². The molecular weight excluding hydrogens is 500 g/mol. The van der Waals surface area contributed by atoms with Crippen LogP contribution in [-0.4, -0.2) is 69.8 Å². The van der Waals surface area contributed by atoms with E-state index in [1.54, 1.807) is 4.57 Å². The summed E-state index contributed by atoms with van der Waals surface area (Å²) in [5.41, 5.74) is 1.92. The number of piperazine rings is 1. The summed E-state index contributed by atoms with van der Waals surface area (Å²) in [6, 6.07) is 5.61. The molecule has 0 radical (unpaired) electrons. The number of aromatic nitrogens is 1. The third kappa shape index (κ3) is 5.44. The molecule has 0 unspecified atom stereocenters. The summed E-state index contributed by atoms with van der Waals surface area (Å²) in [5, 5.41) is 21.6. The van der Waals surface area contributed by atoms with E-state index in [2.05, 4.69) is 11.5 Å². The number of carbonyl (C=O) groups is 1. The molecule has 0 atom stereocenters. The van der Waals surface area contributed by atoms with Crippen molar-refractivity contribution in [3.05, 3.63) is 61.6 Å². The lowest BCUT2D eigenvalue weighted by molar-refractivity contribution is -0.138. The number of hydrogen-bond donors (Lipinski definition) is 2. The van der Waals surface area contributed by atoms with Gasteiger partial charge in [-0.3, -0.25) is 19.2 Å². The number of thiophene rings is 1. The molecule has 3 aromatic rings. The Balaban J connectivity index is 1.43. The zero-order valence-corrected chi connectivity index (χ0v) is 20.6. The summed E-state index contributed by atoms with van der Waals surface area (Å²) in [6.45, 7) is 8.27. The van der Waals surface area contributed by atoms with Crippen molar-refractivity contribution >= 4 is 46.4 Å². The fourth-order valence-electron chi connectivity index (χ4n) is 3.83. The third-order valence-electron chi connectivity index (χ3n) is 5.76. The molecule has 1 aromatic carbocycles. The zero-order chi connectivity index (χ0) is 24.4. The number of halogens is 2. The molecule has 0 saturated carbocycles. The topological polar surface area (TPSA) is 68.9 Å². The molecule has 1 fully saturated rings. The fraction of sp³-hybridized carbons (Fsp3) is 0.304. The summed E-state index contributed by atoms with van der Waals surface area (Å²) < 4.78 is 29.1. The van der Waals surface area contributed by atoms with Gasteiger partial charge in [-0.25, -0.2) is 8.78 Å². The van der Waals surface area contributed by atoms with Gasteiger partial charge < -0.3 is 10.2 Å². The molecule has 34 heavy (non-hydrogen) atoms. The SMILES string of the molecule is C=C(c1cc(-c2ccc(F)c(F)c2)cs1)c1sc(=S)n(CCN2CCN(CC(=O)O)CC2)c1O. The van der Waals surface area contributed by atoms with E-state index in [4.69, 9.17) is 17.3 Å². The van der Waals surface area contributed by atoms with E-state index < -0.39 is 17.6 Å². The summed E-state index contributed by atoms with van der Waals surface area (Å²) in [6.07, 6.45) is 0. The van der Waals surface area contributed by atoms with Crippen molar-refractivity contribution in [2.75, 3.05) is 39.3 Å². The van der Waals surface area contributed by atoms with Crippen LogP contribution in [0.5, 0.6) is 5.88 Å². The van der Waals surface area contributed by atoms with Crippen LogP contribution >= 0.6 is 34.9 Å². The molecule has 11 heteroatoms. The molecule has 2 aromatic heterocycles. The van der Waals surface area contributed by atoms with Crippen molar-refractivity contribution in [2.45, 2.75) is 6.54 Å². The number of aliphatic carboxylic acids is 1. The number of carboxylic acids is 1. The highest BCUT2D eigenvalue weighted by Gasteiger charge is 2.21. The monoisotopic (exact) mass is 523 g/mol. The molecule has 0 amide bonds. The van der Waals surface area contributed by atoms with Gasteiger partial charge in [-0.05, 0) is 46.9 Å². The Bertz CT molecular complexity index is 1280. The summed E-state index contributed by atoms with van der Waals surface area (Å²) in [5.74, 6) is -2.55. The molecule has 0 bridgehead atoms. The van der Waals surface area contributed by atoms with E-state index >= 15 is 0 Å². The predicted molar refractivity (Wildman–Crippen MR) is 133 cm³/mol. The van der Waals surface area contributed by atoms with Crippen molar-refractivity contribution in [3.8, 4) is 17.0 Å². The average Bonchev–Trinajstić information content (AvgIpc) is 3.40. The lowest BCUT2D eigenvalue weighted by atomic mass is 10.1. The fourth-order valence-corrected chi connectivity index (χ4v) is 6.11. The van der Waals surface area contributed by atoms with E-state index in [1.165, 1.54) is 28.7 Å². The van der Waals surface area contributed by atoms with Gasteiger partial charge in [0, 0.05) is 49.7 Å². The Morgan fingerprint density at radius 3 is 2.44 bits per heavy atom. The lowest BCUT2D eigenvalue weighted by Crippen LogP contribution is -2.48. The van der Waals surface area contributed by atoms with Crippen LogP contribution in [0, 0.1) is 15.6 Å². The Labute approximate surface area is 208 Å². The molecule has 4 rings (SSSR count). The Hall–Kier alpha value is -2.44. The minimum atomic E-state index is -0.903. The second-order valence-corrected chi connectivity index (χ2v) is 10.5. The largest absolute Gasteiger partial charge is 0.493 e. The molecule has 0 aliphatic carbocycles. The van der Waals surface area contributed by atoms with Crippen LogP contribution in [-0.2, 0) is 11.3 Å². The number of benzene rings is 1. The Morgan fingerprint density at radius 1 is 1.06 bits per heavy atom. The molecule has 3 heterocycles. The van der Waals surface area contributed by atoms with Crippen LogP contribution in [0.3, 0.4) is 0 Å². The maximum Gasteiger partial charge on any atom is 0.317 e. The first kappa shape index (κ1) is 24.7. The van der Waals surface area contributed by atoms with Crippen molar-refractivity contribution < 1.29 is 23.8 Å². The minimum Gasteiger partial charge on any atom is -0.493 e. The molecule has 1 aliphatic rings. The van der Waals surface area contributed by atoms with Gasteiger partial charge in [-0.1, -0.05) is 12.6 Å². The van der Waals surface area contributed by atoms with Gasteiger partial charge in [0.25, 0.3) is 0 Å². The molecule has 1 aliphatic heterocycles. The first-order chi connectivity index (χ1) is 16.2. The van der Waals surface area contributed by atoms with Crippen LogP contribution < -0.4 is 0 Å². The highest BCUT2D eigenvalue weighted by atomic mass is 32.1. The molecule has 6 nitrogen and oxygen atoms in total. The van der Waals surface area contributed by atoms with E-state index in [1.807, 2.05) is 16.3 Å². The van der Waals surface area contributed by atoms with Crippen LogP contribution in [0.25, 0.3) is 16.7 Å². The van der Waals surface area contributed by atoms with Gasteiger partial charge in [-0.15, -0.1) is 22.7 Å². The number of hydrogen-bond acceptors (Lipinski definition) is 7. The quantitative estimate of drug-likeness (QED) is 0.415. The lowest BCUT2D eigenvalue weighted by Gasteiger charge is -2.33. The number of rotatable bonds is 8. The minimum absolute atomic E-state index is 0.0518. The number of aromatic hydroxyl groups is 1. The van der Waals surface area contributed by atoms with Gasteiger partial charge >= 0.3 is 5.97 Å². The van der Waals surface area contributed by atoms with E-state index in [0.29, 0.717) is 46.1 Å². The number of thiazole rings is 1. The predicted octanol–water partition coefficient (Wildman–Crippen LogP) is 4.76. The van der Waals surface area contributed by atoms with Crippen LogP contribution in [0.1, 0.15) is 9.75 Å².